The highest BCUT2D eigenvalue weighted by Crippen LogP contribution is 2.48. The lowest BCUT2D eigenvalue weighted by atomic mass is 9.81. The summed E-state index contributed by atoms with van der Waals surface area (Å²) >= 11 is 0.443. The fraction of sp³-hybridized carbons (Fsp3) is 0.500. The van der Waals surface area contributed by atoms with Gasteiger partial charge in [0.25, 0.3) is 5.76 Å². The predicted molar refractivity (Wildman–Crippen MR) is 86.3 cm³/mol. The van der Waals surface area contributed by atoms with Gasteiger partial charge in [0.15, 0.2) is 0 Å². The summed E-state index contributed by atoms with van der Waals surface area (Å²) < 4.78 is 24.6. The molecular weight excluding hydrogens is 338 g/mol. The van der Waals surface area contributed by atoms with Crippen LogP contribution in [0.5, 0.6) is 0 Å². The Morgan fingerprint density at radius 1 is 1.33 bits per heavy atom. The van der Waals surface area contributed by atoms with E-state index < -0.39 is 17.1 Å². The minimum atomic E-state index is -2.48. The lowest BCUT2D eigenvalue weighted by molar-refractivity contribution is -0.149. The molecule has 2 N–H and O–H groups in total. The van der Waals surface area contributed by atoms with Gasteiger partial charge in [0, 0.05) is 23.7 Å². The number of benzene rings is 1. The van der Waals surface area contributed by atoms with Crippen LogP contribution in [0, 0.1) is 11.3 Å². The Kier molecular flexibility index (Phi) is 4.67. The van der Waals surface area contributed by atoms with E-state index in [0.717, 1.165) is 12.8 Å². The Balaban J connectivity index is 1.63. The highest BCUT2D eigenvalue weighted by Gasteiger charge is 2.55. The highest BCUT2D eigenvalue weighted by molar-refractivity contribution is 7.99. The van der Waals surface area contributed by atoms with Gasteiger partial charge in [-0.1, -0.05) is 18.2 Å². The first-order valence-electron chi connectivity index (χ1n) is 7.75. The molecule has 2 amide bonds. The number of aliphatic carboxylic acids is 1. The third-order valence-corrected chi connectivity index (χ3v) is 5.64. The molecule has 24 heavy (non-hydrogen) atoms. The molecule has 0 bridgehead atoms. The Labute approximate surface area is 142 Å². The van der Waals surface area contributed by atoms with Crippen LogP contribution in [0.15, 0.2) is 29.2 Å². The van der Waals surface area contributed by atoms with Gasteiger partial charge in [-0.3, -0.25) is 4.79 Å². The third kappa shape index (κ3) is 3.19. The summed E-state index contributed by atoms with van der Waals surface area (Å²) in [5, 5.41) is 12.3. The molecule has 1 aliphatic heterocycles. The van der Waals surface area contributed by atoms with Gasteiger partial charge in [0.2, 0.25) is 0 Å². The number of amides is 2. The third-order valence-electron chi connectivity index (χ3n) is 4.91. The molecule has 0 unspecified atom stereocenters. The van der Waals surface area contributed by atoms with Crippen molar-refractivity contribution >= 4 is 29.4 Å². The maximum Gasteiger partial charge on any atom is 0.321 e. The monoisotopic (exact) mass is 356 g/mol. The molecule has 2 fully saturated rings. The van der Waals surface area contributed by atoms with Gasteiger partial charge >= 0.3 is 12.0 Å². The summed E-state index contributed by atoms with van der Waals surface area (Å²) in [4.78, 5) is 26.0. The minimum Gasteiger partial charge on any atom is -0.481 e. The average Bonchev–Trinajstić information content (AvgIpc) is 3.06. The van der Waals surface area contributed by atoms with Gasteiger partial charge in [0.05, 0.1) is 5.41 Å². The maximum atomic E-state index is 12.4. The van der Waals surface area contributed by atoms with Crippen molar-refractivity contribution in [2.24, 2.45) is 11.3 Å². The smallest absolute Gasteiger partial charge is 0.321 e. The molecule has 2 aliphatic rings. The summed E-state index contributed by atoms with van der Waals surface area (Å²) in [6.45, 7) is 0.662. The van der Waals surface area contributed by atoms with E-state index in [1.165, 1.54) is 12.1 Å². The lowest BCUT2D eigenvalue weighted by Crippen LogP contribution is -2.38. The Hall–Kier alpha value is -1.83. The highest BCUT2D eigenvalue weighted by atomic mass is 32.2. The van der Waals surface area contributed by atoms with Crippen LogP contribution in [-0.4, -0.2) is 40.9 Å². The first-order valence-corrected chi connectivity index (χ1v) is 8.63. The number of rotatable bonds is 4. The Bertz CT molecular complexity index is 641. The van der Waals surface area contributed by atoms with Crippen LogP contribution >= 0.6 is 11.8 Å². The van der Waals surface area contributed by atoms with Crippen LogP contribution in [0.4, 0.5) is 19.3 Å². The van der Waals surface area contributed by atoms with E-state index in [1.807, 2.05) is 0 Å². The quantitative estimate of drug-likeness (QED) is 0.807. The summed E-state index contributed by atoms with van der Waals surface area (Å²) in [7, 11) is 0. The van der Waals surface area contributed by atoms with Crippen LogP contribution in [0.3, 0.4) is 0 Å². The van der Waals surface area contributed by atoms with Crippen LogP contribution in [0.2, 0.25) is 0 Å². The van der Waals surface area contributed by atoms with Crippen LogP contribution in [0.1, 0.15) is 19.3 Å². The molecule has 1 saturated carbocycles. The molecule has 1 aromatic carbocycles. The number of nitrogens with one attached hydrogen (secondary N) is 1. The molecule has 2 atom stereocenters. The van der Waals surface area contributed by atoms with Crippen molar-refractivity contribution in [3.63, 3.8) is 0 Å². The molecular formula is C16H18F2N2O3S. The Morgan fingerprint density at radius 3 is 2.62 bits per heavy atom. The zero-order chi connectivity index (χ0) is 17.3. The largest absolute Gasteiger partial charge is 0.481 e. The first kappa shape index (κ1) is 17.0. The van der Waals surface area contributed by atoms with E-state index >= 15 is 0 Å². The summed E-state index contributed by atoms with van der Waals surface area (Å²) in [6, 6.07) is 5.81. The van der Waals surface area contributed by atoms with Gasteiger partial charge in [0.1, 0.15) is 0 Å². The van der Waals surface area contributed by atoms with Crippen molar-refractivity contribution in [3.05, 3.63) is 24.3 Å². The second kappa shape index (κ2) is 6.58. The minimum absolute atomic E-state index is 0.00516. The number of carbonyl (C=O) groups excluding carboxylic acids is 1. The van der Waals surface area contributed by atoms with Gasteiger partial charge < -0.3 is 15.3 Å². The topological polar surface area (TPSA) is 69.6 Å². The van der Waals surface area contributed by atoms with Gasteiger partial charge in [-0.2, -0.15) is 8.78 Å². The Morgan fingerprint density at radius 2 is 2.04 bits per heavy atom. The van der Waals surface area contributed by atoms with Crippen LogP contribution in [0.25, 0.3) is 0 Å². The molecule has 1 aliphatic carbocycles. The molecule has 8 heteroatoms. The van der Waals surface area contributed by atoms with E-state index in [1.54, 1.807) is 17.0 Å². The number of hydrogen-bond donors (Lipinski definition) is 2. The number of anilines is 1. The summed E-state index contributed by atoms with van der Waals surface area (Å²) in [5.41, 5.74) is -0.310. The number of halogens is 2. The van der Waals surface area contributed by atoms with Crippen molar-refractivity contribution < 1.29 is 23.5 Å². The second-order valence-corrected chi connectivity index (χ2v) is 7.33. The SMILES string of the molecule is O=C(Nc1ccc(SC(F)F)cc1)N1C[C@@H]2CCC[C@@]2(C(=O)O)C1. The number of nitrogens with zero attached hydrogens (tertiary/aromatic N) is 1. The molecule has 0 spiro atoms. The van der Waals surface area contributed by atoms with Crippen LogP contribution < -0.4 is 5.32 Å². The van der Waals surface area contributed by atoms with E-state index in [9.17, 15) is 23.5 Å². The molecule has 5 nitrogen and oxygen atoms in total. The van der Waals surface area contributed by atoms with E-state index in [0.29, 0.717) is 35.3 Å². The number of carbonyl (C=O) groups is 2. The lowest BCUT2D eigenvalue weighted by Gasteiger charge is -2.23. The van der Waals surface area contributed by atoms with Gasteiger partial charge in [-0.25, -0.2) is 4.79 Å². The zero-order valence-corrected chi connectivity index (χ0v) is 13.7. The van der Waals surface area contributed by atoms with Crippen molar-refractivity contribution in [1.29, 1.82) is 0 Å². The number of carboxylic acids is 1. The number of alkyl halides is 2. The van der Waals surface area contributed by atoms with Crippen LogP contribution in [-0.2, 0) is 4.79 Å². The first-order chi connectivity index (χ1) is 11.4. The van der Waals surface area contributed by atoms with Gasteiger partial charge in [-0.05, 0) is 43.0 Å². The van der Waals surface area contributed by atoms with Crippen molar-refractivity contribution in [2.75, 3.05) is 18.4 Å². The van der Waals surface area contributed by atoms with Crippen molar-refractivity contribution in [2.45, 2.75) is 29.9 Å². The number of hydrogen-bond acceptors (Lipinski definition) is 3. The summed E-state index contributed by atoms with van der Waals surface area (Å²) in [6.07, 6.45) is 2.32. The molecule has 130 valence electrons. The number of likely N-dealkylation sites (tertiary alicyclic amines) is 1. The molecule has 1 aromatic rings. The fourth-order valence-corrected chi connectivity index (χ4v) is 4.21. The number of carboxylic acid groups (broad SMARTS) is 1. The second-order valence-electron chi connectivity index (χ2n) is 6.26. The molecule has 0 radical (unpaired) electrons. The number of fused-ring (bicyclic) bond motifs is 1. The predicted octanol–water partition coefficient (Wildman–Crippen LogP) is 3.72. The maximum absolute atomic E-state index is 12.4. The number of urea groups is 1. The van der Waals surface area contributed by atoms with E-state index in [4.69, 9.17) is 0 Å². The van der Waals surface area contributed by atoms with Crippen molar-refractivity contribution in [1.82, 2.24) is 4.90 Å². The van der Waals surface area contributed by atoms with E-state index in [2.05, 4.69) is 5.32 Å². The summed E-state index contributed by atoms with van der Waals surface area (Å²) in [5.74, 6) is -3.30. The van der Waals surface area contributed by atoms with Gasteiger partial charge in [-0.15, -0.1) is 0 Å². The zero-order valence-electron chi connectivity index (χ0n) is 12.9. The molecule has 1 saturated heterocycles. The standard InChI is InChI=1S/C16H18F2N2O3S/c17-14(18)24-12-5-3-11(4-6-12)19-15(23)20-8-10-2-1-7-16(10,9-20)13(21)22/h3-6,10,14H,1-2,7-9H2,(H,19,23)(H,21,22)/t10-,16+/m0/s1. The molecule has 1 heterocycles. The van der Waals surface area contributed by atoms with E-state index in [-0.39, 0.29) is 18.5 Å². The van der Waals surface area contributed by atoms with Crippen molar-refractivity contribution in [3.8, 4) is 0 Å². The fourth-order valence-electron chi connectivity index (χ4n) is 3.72. The molecule has 3 rings (SSSR count). The molecule has 0 aromatic heterocycles. The normalized spacial score (nSPS) is 25.8. The number of thioether (sulfide) groups is 1. The average molecular weight is 356 g/mol.